The number of aromatic nitrogens is 2. The monoisotopic (exact) mass is 405 g/mol. The first-order valence-corrected chi connectivity index (χ1v) is 12.2. The molecule has 1 saturated heterocycles. The van der Waals surface area contributed by atoms with Crippen molar-refractivity contribution in [2.75, 3.05) is 13.1 Å². The van der Waals surface area contributed by atoms with Crippen molar-refractivity contribution in [2.24, 2.45) is 16.8 Å². The van der Waals surface area contributed by atoms with Crippen molar-refractivity contribution < 1.29 is 0 Å². The van der Waals surface area contributed by atoms with Crippen molar-refractivity contribution in [3.63, 3.8) is 0 Å². The van der Waals surface area contributed by atoms with E-state index in [0.29, 0.717) is 6.04 Å². The van der Waals surface area contributed by atoms with E-state index in [-0.39, 0.29) is 0 Å². The molecule has 1 aliphatic heterocycles. The van der Waals surface area contributed by atoms with Crippen molar-refractivity contribution in [1.82, 2.24) is 14.0 Å². The zero-order chi connectivity index (χ0) is 20.5. The Hall–Kier alpha value is -2.06. The maximum absolute atomic E-state index is 9.34. The van der Waals surface area contributed by atoms with Gasteiger partial charge in [0, 0.05) is 31.7 Å². The summed E-state index contributed by atoms with van der Waals surface area (Å²) in [7, 11) is 0. The molecule has 160 valence electrons. The predicted molar refractivity (Wildman–Crippen MR) is 120 cm³/mol. The third-order valence-electron chi connectivity index (χ3n) is 8.25. The molecule has 30 heavy (non-hydrogen) atoms. The Kier molecular flexibility index (Phi) is 5.69. The molecule has 3 unspecified atom stereocenters. The number of fused-ring (bicyclic) bond motifs is 2. The molecule has 2 aromatic rings. The molecular formula is C25H35N5. The molecule has 3 aliphatic rings. The van der Waals surface area contributed by atoms with Crippen LogP contribution in [0.1, 0.15) is 70.8 Å². The van der Waals surface area contributed by atoms with E-state index in [2.05, 4.69) is 56.4 Å². The molecule has 0 N–H and O–H groups in total. The Morgan fingerprint density at radius 1 is 0.933 bits per heavy atom. The molecule has 2 aliphatic carbocycles. The minimum absolute atomic E-state index is 0.428. The average Bonchev–Trinajstić information content (AvgIpc) is 3.12. The van der Waals surface area contributed by atoms with E-state index in [9.17, 15) is 5.26 Å². The van der Waals surface area contributed by atoms with E-state index in [1.165, 1.54) is 69.1 Å². The Labute approximate surface area is 180 Å². The van der Waals surface area contributed by atoms with Crippen LogP contribution in [0.5, 0.6) is 0 Å². The van der Waals surface area contributed by atoms with Gasteiger partial charge in [-0.15, -0.1) is 4.99 Å². The second-order valence-corrected chi connectivity index (χ2v) is 9.65. The molecule has 1 aromatic carbocycles. The molecule has 3 atom stereocenters. The van der Waals surface area contributed by atoms with Crippen LogP contribution in [0, 0.1) is 23.3 Å². The van der Waals surface area contributed by atoms with Crippen LogP contribution in [0.25, 0.3) is 11.0 Å². The van der Waals surface area contributed by atoms with Gasteiger partial charge >= 0.3 is 0 Å². The summed E-state index contributed by atoms with van der Waals surface area (Å²) in [6, 6.07) is 9.76. The van der Waals surface area contributed by atoms with Crippen LogP contribution in [0.3, 0.4) is 0 Å². The van der Waals surface area contributed by atoms with Crippen LogP contribution >= 0.6 is 0 Å². The zero-order valence-electron chi connectivity index (χ0n) is 18.3. The van der Waals surface area contributed by atoms with E-state index >= 15 is 0 Å². The van der Waals surface area contributed by atoms with Gasteiger partial charge in [0.05, 0.1) is 11.0 Å². The Morgan fingerprint density at radius 2 is 1.67 bits per heavy atom. The second kappa shape index (κ2) is 8.59. The number of benzene rings is 1. The number of piperidine rings is 1. The van der Waals surface area contributed by atoms with Gasteiger partial charge in [0.2, 0.25) is 11.8 Å². The molecular weight excluding hydrogens is 370 g/mol. The predicted octanol–water partition coefficient (Wildman–Crippen LogP) is 4.84. The molecule has 0 bridgehead atoms. The lowest BCUT2D eigenvalue weighted by molar-refractivity contribution is 0.0533. The van der Waals surface area contributed by atoms with Crippen LogP contribution in [0.4, 0.5) is 0 Å². The van der Waals surface area contributed by atoms with E-state index in [1.807, 2.05) is 0 Å². The number of imidazole rings is 1. The first kappa shape index (κ1) is 19.9. The van der Waals surface area contributed by atoms with Crippen LogP contribution in [-0.2, 0) is 6.54 Å². The van der Waals surface area contributed by atoms with Crippen LogP contribution in [0.2, 0.25) is 0 Å². The van der Waals surface area contributed by atoms with Gasteiger partial charge in [-0.05, 0) is 63.0 Å². The van der Waals surface area contributed by atoms with E-state index in [0.717, 1.165) is 42.9 Å². The van der Waals surface area contributed by atoms with Gasteiger partial charge in [0.15, 0.2) is 0 Å². The summed E-state index contributed by atoms with van der Waals surface area (Å²) in [4.78, 5) is 7.06. The summed E-state index contributed by atoms with van der Waals surface area (Å²) >= 11 is 0. The number of para-hydroxylation sites is 2. The fraction of sp³-hybridized carbons (Fsp3) is 0.680. The molecule has 3 fully saturated rings. The summed E-state index contributed by atoms with van der Waals surface area (Å²) in [5.74, 6) is 2.02. The zero-order valence-corrected chi connectivity index (χ0v) is 18.3. The standard InChI is InChI=1S/C25H35N5/c1-2-29-23-9-5-6-10-24(23)30(25(29)27-18-26)21-13-15-28(16-14-21)22-12-11-19-7-3-4-8-20(19)17-22/h5-6,9-10,19-22H,2-4,7-8,11-17H2,1H3. The number of nitrogens with zero attached hydrogens (tertiary/aromatic N) is 5. The summed E-state index contributed by atoms with van der Waals surface area (Å²) in [5, 5.41) is 9.34. The molecule has 5 nitrogen and oxygen atoms in total. The highest BCUT2D eigenvalue weighted by molar-refractivity contribution is 5.76. The molecule has 5 rings (SSSR count). The van der Waals surface area contributed by atoms with Crippen molar-refractivity contribution >= 4 is 11.0 Å². The summed E-state index contributed by atoms with van der Waals surface area (Å²) in [6.07, 6.45) is 14.6. The minimum atomic E-state index is 0.428. The van der Waals surface area contributed by atoms with Gasteiger partial charge < -0.3 is 14.0 Å². The smallest absolute Gasteiger partial charge is 0.221 e. The quantitative estimate of drug-likeness (QED) is 0.686. The molecule has 1 aromatic heterocycles. The van der Waals surface area contributed by atoms with Gasteiger partial charge in [-0.25, -0.2) is 0 Å². The second-order valence-electron chi connectivity index (χ2n) is 9.65. The first-order valence-electron chi connectivity index (χ1n) is 12.2. The number of hydrogen-bond acceptors (Lipinski definition) is 3. The Morgan fingerprint density at radius 3 is 2.40 bits per heavy atom. The van der Waals surface area contributed by atoms with Crippen LogP contribution in [-0.4, -0.2) is 33.2 Å². The maximum Gasteiger partial charge on any atom is 0.221 e. The van der Waals surface area contributed by atoms with Gasteiger partial charge in [-0.1, -0.05) is 37.8 Å². The van der Waals surface area contributed by atoms with Crippen molar-refractivity contribution in [3.8, 4) is 6.19 Å². The summed E-state index contributed by atoms with van der Waals surface area (Å²) in [5.41, 5.74) is 3.23. The highest BCUT2D eigenvalue weighted by Crippen LogP contribution is 2.42. The fourth-order valence-corrected chi connectivity index (χ4v) is 6.76. The number of likely N-dealkylation sites (tertiary alicyclic amines) is 1. The average molecular weight is 406 g/mol. The lowest BCUT2D eigenvalue weighted by Crippen LogP contribution is -2.46. The number of aryl methyl sites for hydroxylation is 1. The van der Waals surface area contributed by atoms with E-state index in [1.54, 1.807) is 0 Å². The van der Waals surface area contributed by atoms with Gasteiger partial charge in [0.25, 0.3) is 0 Å². The Bertz CT molecular complexity index is 985. The normalized spacial score (nSPS) is 29.1. The Balaban J connectivity index is 1.35. The third-order valence-corrected chi connectivity index (χ3v) is 8.25. The first-order chi connectivity index (χ1) is 14.8. The van der Waals surface area contributed by atoms with Crippen molar-refractivity contribution in [2.45, 2.75) is 83.3 Å². The lowest BCUT2D eigenvalue weighted by Gasteiger charge is -2.45. The van der Waals surface area contributed by atoms with Crippen LogP contribution < -0.4 is 5.62 Å². The van der Waals surface area contributed by atoms with E-state index in [4.69, 9.17) is 0 Å². The van der Waals surface area contributed by atoms with Crippen molar-refractivity contribution in [1.29, 1.82) is 5.26 Å². The maximum atomic E-state index is 9.34. The minimum Gasteiger partial charge on any atom is -0.310 e. The SMILES string of the molecule is CCn1c(=NC#N)n(C2CCN(C3CCC4CCCCC4C3)CC2)c2ccccc21. The molecule has 0 radical (unpaired) electrons. The molecule has 2 heterocycles. The summed E-state index contributed by atoms with van der Waals surface area (Å²) in [6.45, 7) is 5.32. The fourth-order valence-electron chi connectivity index (χ4n) is 6.76. The molecule has 0 amide bonds. The topological polar surface area (TPSA) is 49.2 Å². The van der Waals surface area contributed by atoms with Crippen LogP contribution in [0.15, 0.2) is 29.3 Å². The highest BCUT2D eigenvalue weighted by atomic mass is 15.2. The third kappa shape index (κ3) is 3.50. The molecule has 0 spiro atoms. The van der Waals surface area contributed by atoms with Crippen molar-refractivity contribution in [3.05, 3.63) is 29.9 Å². The van der Waals surface area contributed by atoms with Gasteiger partial charge in [0.1, 0.15) is 0 Å². The number of hydrogen-bond donors (Lipinski definition) is 0. The van der Waals surface area contributed by atoms with E-state index < -0.39 is 0 Å². The molecule has 2 saturated carbocycles. The number of nitriles is 1. The number of rotatable bonds is 3. The van der Waals surface area contributed by atoms with Gasteiger partial charge in [-0.3, -0.25) is 0 Å². The summed E-state index contributed by atoms with van der Waals surface area (Å²) < 4.78 is 4.55. The largest absolute Gasteiger partial charge is 0.310 e. The molecule has 5 heteroatoms. The highest BCUT2D eigenvalue weighted by Gasteiger charge is 2.36. The van der Waals surface area contributed by atoms with Gasteiger partial charge in [-0.2, -0.15) is 5.26 Å². The lowest BCUT2D eigenvalue weighted by atomic mass is 9.69.